The number of rotatable bonds is 1. The van der Waals surface area contributed by atoms with Crippen LogP contribution in [0.4, 0.5) is 0 Å². The molecule has 1 aliphatic rings. The van der Waals surface area contributed by atoms with Crippen LogP contribution in [-0.2, 0) is 0 Å². The normalized spacial score (nSPS) is 26.8. The molecule has 0 amide bonds. The van der Waals surface area contributed by atoms with E-state index in [1.165, 1.54) is 9.35 Å². The highest BCUT2D eigenvalue weighted by atomic mass is 79.9. The molecule has 1 unspecified atom stereocenters. The van der Waals surface area contributed by atoms with Crippen molar-refractivity contribution < 1.29 is 0 Å². The van der Waals surface area contributed by atoms with Crippen LogP contribution in [0.3, 0.4) is 0 Å². The Morgan fingerprint density at radius 1 is 1.67 bits per heavy atom. The number of hydrogen-bond donors (Lipinski definition) is 1. The van der Waals surface area contributed by atoms with Crippen molar-refractivity contribution >= 4 is 27.3 Å². The van der Waals surface area contributed by atoms with Crippen LogP contribution in [0, 0.1) is 5.41 Å². The first-order valence-corrected chi connectivity index (χ1v) is 5.74. The van der Waals surface area contributed by atoms with Crippen molar-refractivity contribution in [1.29, 1.82) is 0 Å². The third-order valence-corrected chi connectivity index (χ3v) is 4.17. The van der Waals surface area contributed by atoms with Gasteiger partial charge < -0.3 is 5.32 Å². The molecule has 1 fully saturated rings. The Balaban J connectivity index is 2.21. The lowest BCUT2D eigenvalue weighted by Crippen LogP contribution is -2.52. The summed E-state index contributed by atoms with van der Waals surface area (Å²) in [5.41, 5.74) is 0.435. The molecule has 12 heavy (non-hydrogen) atoms. The molecule has 1 nitrogen and oxygen atoms in total. The van der Waals surface area contributed by atoms with E-state index in [1.807, 2.05) is 11.3 Å². The average Bonchev–Trinajstić information content (AvgIpc) is 2.34. The predicted octanol–water partition coefficient (Wildman–Crippen LogP) is 3.18. The minimum atomic E-state index is 0.435. The van der Waals surface area contributed by atoms with Crippen molar-refractivity contribution in [3.8, 4) is 0 Å². The highest BCUT2D eigenvalue weighted by Crippen LogP contribution is 2.42. The number of hydrogen-bond acceptors (Lipinski definition) is 2. The van der Waals surface area contributed by atoms with E-state index in [9.17, 15) is 0 Å². The summed E-state index contributed by atoms with van der Waals surface area (Å²) in [6, 6.07) is 2.78. The highest BCUT2D eigenvalue weighted by molar-refractivity contribution is 9.10. The summed E-state index contributed by atoms with van der Waals surface area (Å²) in [6.07, 6.45) is 0. The van der Waals surface area contributed by atoms with Gasteiger partial charge in [0.25, 0.3) is 0 Å². The van der Waals surface area contributed by atoms with Gasteiger partial charge in [-0.2, -0.15) is 0 Å². The molecule has 0 saturated carbocycles. The number of halogens is 1. The van der Waals surface area contributed by atoms with E-state index in [2.05, 4.69) is 46.5 Å². The molecule has 1 N–H and O–H groups in total. The average molecular weight is 246 g/mol. The second kappa shape index (κ2) is 2.82. The van der Waals surface area contributed by atoms with Gasteiger partial charge in [-0.15, -0.1) is 11.3 Å². The molecule has 0 aromatic carbocycles. The zero-order chi connectivity index (χ0) is 8.77. The van der Waals surface area contributed by atoms with Gasteiger partial charge in [0.2, 0.25) is 0 Å². The summed E-state index contributed by atoms with van der Waals surface area (Å²) < 4.78 is 1.20. The van der Waals surface area contributed by atoms with Gasteiger partial charge in [0.1, 0.15) is 0 Å². The second-order valence-corrected chi connectivity index (χ2v) is 5.83. The summed E-state index contributed by atoms with van der Waals surface area (Å²) in [4.78, 5) is 1.44. The van der Waals surface area contributed by atoms with Crippen LogP contribution in [-0.4, -0.2) is 6.54 Å². The lowest BCUT2D eigenvalue weighted by Gasteiger charge is -2.45. The summed E-state index contributed by atoms with van der Waals surface area (Å²) in [5.74, 6) is 0. The van der Waals surface area contributed by atoms with E-state index in [4.69, 9.17) is 0 Å². The molecule has 1 aliphatic heterocycles. The Bertz CT molecular complexity index is 292. The van der Waals surface area contributed by atoms with E-state index in [0.717, 1.165) is 6.54 Å². The monoisotopic (exact) mass is 245 g/mol. The fourth-order valence-electron chi connectivity index (χ4n) is 1.58. The largest absolute Gasteiger partial charge is 0.308 e. The molecule has 3 heteroatoms. The topological polar surface area (TPSA) is 12.0 Å². The lowest BCUT2D eigenvalue weighted by molar-refractivity contribution is 0.131. The van der Waals surface area contributed by atoms with Gasteiger partial charge in [-0.25, -0.2) is 0 Å². The Morgan fingerprint density at radius 2 is 2.42 bits per heavy atom. The molecule has 1 atom stereocenters. The van der Waals surface area contributed by atoms with E-state index in [1.54, 1.807) is 0 Å². The van der Waals surface area contributed by atoms with Crippen LogP contribution < -0.4 is 5.32 Å². The molecular formula is C9H12BrNS. The van der Waals surface area contributed by atoms with Gasteiger partial charge in [0, 0.05) is 27.3 Å². The Kier molecular flexibility index (Phi) is 2.05. The molecule has 0 radical (unpaired) electrons. The fraction of sp³-hybridized carbons (Fsp3) is 0.556. The zero-order valence-electron chi connectivity index (χ0n) is 7.23. The SMILES string of the molecule is CC1(C)CNC1c1cc(Br)cs1. The first-order chi connectivity index (χ1) is 5.59. The van der Waals surface area contributed by atoms with Gasteiger partial charge in [-0.05, 0) is 27.4 Å². The molecular weight excluding hydrogens is 234 g/mol. The summed E-state index contributed by atoms with van der Waals surface area (Å²) in [7, 11) is 0. The summed E-state index contributed by atoms with van der Waals surface area (Å²) in [5, 5.41) is 5.60. The molecule has 1 aromatic rings. The van der Waals surface area contributed by atoms with Crippen LogP contribution in [0.2, 0.25) is 0 Å². The van der Waals surface area contributed by atoms with Crippen LogP contribution in [0.15, 0.2) is 15.9 Å². The Hall–Kier alpha value is 0.140. The van der Waals surface area contributed by atoms with Crippen LogP contribution >= 0.6 is 27.3 Å². The van der Waals surface area contributed by atoms with Crippen molar-refractivity contribution in [2.45, 2.75) is 19.9 Å². The van der Waals surface area contributed by atoms with Crippen LogP contribution in [0.5, 0.6) is 0 Å². The molecule has 2 heterocycles. The van der Waals surface area contributed by atoms with Gasteiger partial charge in [0.15, 0.2) is 0 Å². The molecule has 66 valence electrons. The fourth-order valence-corrected chi connectivity index (χ4v) is 3.31. The minimum Gasteiger partial charge on any atom is -0.308 e. The van der Waals surface area contributed by atoms with E-state index in [-0.39, 0.29) is 0 Å². The summed E-state index contributed by atoms with van der Waals surface area (Å²) >= 11 is 5.30. The standard InChI is InChI=1S/C9H12BrNS/c1-9(2)5-11-8(9)7-3-6(10)4-12-7/h3-4,8,11H,5H2,1-2H3. The van der Waals surface area contributed by atoms with E-state index in [0.29, 0.717) is 11.5 Å². The first kappa shape index (κ1) is 8.73. The number of thiophene rings is 1. The van der Waals surface area contributed by atoms with E-state index < -0.39 is 0 Å². The molecule has 0 bridgehead atoms. The van der Waals surface area contributed by atoms with Crippen molar-refractivity contribution in [1.82, 2.24) is 5.32 Å². The van der Waals surface area contributed by atoms with Crippen LogP contribution in [0.1, 0.15) is 24.8 Å². The van der Waals surface area contributed by atoms with Crippen molar-refractivity contribution in [2.75, 3.05) is 6.54 Å². The Labute approximate surface area is 85.3 Å². The quantitative estimate of drug-likeness (QED) is 0.802. The molecule has 1 aromatic heterocycles. The maximum Gasteiger partial charge on any atom is 0.0479 e. The minimum absolute atomic E-state index is 0.435. The predicted molar refractivity (Wildman–Crippen MR) is 56.5 cm³/mol. The molecule has 0 spiro atoms. The third-order valence-electron chi connectivity index (χ3n) is 2.42. The van der Waals surface area contributed by atoms with Crippen molar-refractivity contribution in [3.05, 3.63) is 20.8 Å². The molecule has 1 saturated heterocycles. The van der Waals surface area contributed by atoms with Gasteiger partial charge in [0.05, 0.1) is 0 Å². The third kappa shape index (κ3) is 1.34. The van der Waals surface area contributed by atoms with Gasteiger partial charge >= 0.3 is 0 Å². The lowest BCUT2D eigenvalue weighted by atomic mass is 9.76. The first-order valence-electron chi connectivity index (χ1n) is 4.07. The summed E-state index contributed by atoms with van der Waals surface area (Å²) in [6.45, 7) is 5.75. The van der Waals surface area contributed by atoms with Crippen LogP contribution in [0.25, 0.3) is 0 Å². The smallest absolute Gasteiger partial charge is 0.0479 e. The van der Waals surface area contributed by atoms with Crippen molar-refractivity contribution in [2.24, 2.45) is 5.41 Å². The number of nitrogens with one attached hydrogen (secondary N) is 1. The maximum absolute atomic E-state index is 3.47. The zero-order valence-corrected chi connectivity index (χ0v) is 9.63. The molecule has 2 rings (SSSR count). The van der Waals surface area contributed by atoms with Gasteiger partial charge in [-0.3, -0.25) is 0 Å². The van der Waals surface area contributed by atoms with E-state index >= 15 is 0 Å². The van der Waals surface area contributed by atoms with Crippen molar-refractivity contribution in [3.63, 3.8) is 0 Å². The molecule has 0 aliphatic carbocycles. The van der Waals surface area contributed by atoms with Gasteiger partial charge in [-0.1, -0.05) is 13.8 Å². The Morgan fingerprint density at radius 3 is 2.75 bits per heavy atom. The maximum atomic E-state index is 3.47. The second-order valence-electron chi connectivity index (χ2n) is 3.97. The highest BCUT2D eigenvalue weighted by Gasteiger charge is 2.39.